The van der Waals surface area contributed by atoms with Crippen LogP contribution >= 0.6 is 11.3 Å². The van der Waals surface area contributed by atoms with Gasteiger partial charge in [-0.2, -0.15) is 0 Å². The lowest BCUT2D eigenvalue weighted by Crippen LogP contribution is -2.44. The van der Waals surface area contributed by atoms with Gasteiger partial charge in [-0.25, -0.2) is 13.4 Å². The number of carbonyl (C=O) groups excluding carboxylic acids is 2. The molecule has 2 amide bonds. The van der Waals surface area contributed by atoms with Crippen LogP contribution in [-0.2, 0) is 14.6 Å². The van der Waals surface area contributed by atoms with Crippen LogP contribution in [0.15, 0.2) is 30.3 Å². The number of hydrazine groups is 1. The molecular weight excluding hydrogens is 386 g/mol. The van der Waals surface area contributed by atoms with Crippen molar-refractivity contribution in [2.24, 2.45) is 0 Å². The number of rotatable bonds is 8. The normalized spacial score (nSPS) is 11.2. The van der Waals surface area contributed by atoms with Gasteiger partial charge in [-0.1, -0.05) is 50.1 Å². The summed E-state index contributed by atoms with van der Waals surface area (Å²) in [6.45, 7) is 3.68. The Bertz CT molecular complexity index is 893. The number of unbranched alkanes of at least 4 members (excludes halogenated alkanes) is 2. The van der Waals surface area contributed by atoms with Gasteiger partial charge >= 0.3 is 0 Å². The topological polar surface area (TPSA) is 105 Å². The zero-order valence-corrected chi connectivity index (χ0v) is 17.0. The van der Waals surface area contributed by atoms with Crippen molar-refractivity contribution >= 4 is 33.0 Å². The van der Waals surface area contributed by atoms with E-state index >= 15 is 0 Å². The lowest BCUT2D eigenvalue weighted by molar-refractivity contribution is -0.119. The molecule has 0 saturated heterocycles. The number of amides is 2. The van der Waals surface area contributed by atoms with Crippen LogP contribution in [0.5, 0.6) is 0 Å². The Morgan fingerprint density at radius 3 is 2.48 bits per heavy atom. The molecule has 0 unspecified atom stereocenters. The Balaban J connectivity index is 1.92. The Labute approximate surface area is 163 Å². The highest BCUT2D eigenvalue weighted by Gasteiger charge is 2.19. The standard InChI is InChI=1S/C18H23N3O4S2/c1-3-4-8-11-27(24,25)12-15(22)20-21-17(23)16-13(2)19-18(26-16)14-9-6-5-7-10-14/h5-7,9-10H,3-4,8,11-12H2,1-2H3,(H,20,22)(H,21,23). The molecular formula is C18H23N3O4S2. The van der Waals surface area contributed by atoms with Crippen LogP contribution < -0.4 is 10.9 Å². The van der Waals surface area contributed by atoms with E-state index in [0.29, 0.717) is 22.0 Å². The van der Waals surface area contributed by atoms with Gasteiger partial charge in [0.05, 0.1) is 11.4 Å². The monoisotopic (exact) mass is 409 g/mol. The molecule has 2 N–H and O–H groups in total. The summed E-state index contributed by atoms with van der Waals surface area (Å²) >= 11 is 1.21. The van der Waals surface area contributed by atoms with E-state index < -0.39 is 27.4 Å². The number of hydrogen-bond acceptors (Lipinski definition) is 6. The van der Waals surface area contributed by atoms with E-state index in [2.05, 4.69) is 15.8 Å². The highest BCUT2D eigenvalue weighted by atomic mass is 32.2. The average molecular weight is 410 g/mol. The number of benzene rings is 1. The number of aromatic nitrogens is 1. The lowest BCUT2D eigenvalue weighted by atomic mass is 10.2. The highest BCUT2D eigenvalue weighted by Crippen LogP contribution is 2.27. The number of nitrogens with zero attached hydrogens (tertiary/aromatic N) is 1. The van der Waals surface area contributed by atoms with Gasteiger partial charge in [0.2, 0.25) is 0 Å². The van der Waals surface area contributed by atoms with E-state index in [0.717, 1.165) is 18.4 Å². The van der Waals surface area contributed by atoms with Gasteiger partial charge in [-0.05, 0) is 13.3 Å². The van der Waals surface area contributed by atoms with Crippen LogP contribution in [0.4, 0.5) is 0 Å². The van der Waals surface area contributed by atoms with E-state index in [1.165, 1.54) is 11.3 Å². The Morgan fingerprint density at radius 1 is 1.11 bits per heavy atom. The van der Waals surface area contributed by atoms with Crippen molar-refractivity contribution in [2.75, 3.05) is 11.5 Å². The van der Waals surface area contributed by atoms with Gasteiger partial charge < -0.3 is 0 Å². The maximum Gasteiger partial charge on any atom is 0.281 e. The Kier molecular flexibility index (Phi) is 7.49. The fourth-order valence-electron chi connectivity index (χ4n) is 2.37. The van der Waals surface area contributed by atoms with Gasteiger partial charge in [-0.3, -0.25) is 20.4 Å². The molecule has 0 aliphatic carbocycles. The number of thiazole rings is 1. The molecule has 0 spiro atoms. The molecule has 0 saturated carbocycles. The number of aryl methyl sites for hydroxylation is 1. The molecule has 2 aromatic rings. The Hall–Kier alpha value is -2.26. The first-order chi connectivity index (χ1) is 12.8. The molecule has 0 bridgehead atoms. The van der Waals surface area contributed by atoms with Gasteiger partial charge in [0.25, 0.3) is 11.8 Å². The second-order valence-electron chi connectivity index (χ2n) is 6.10. The highest BCUT2D eigenvalue weighted by molar-refractivity contribution is 7.92. The Morgan fingerprint density at radius 2 is 1.81 bits per heavy atom. The van der Waals surface area contributed by atoms with Crippen molar-refractivity contribution < 1.29 is 18.0 Å². The molecule has 7 nitrogen and oxygen atoms in total. The maximum atomic E-state index is 12.3. The summed E-state index contributed by atoms with van der Waals surface area (Å²) in [5.74, 6) is -1.96. The smallest absolute Gasteiger partial charge is 0.272 e. The van der Waals surface area contributed by atoms with Crippen molar-refractivity contribution in [2.45, 2.75) is 33.1 Å². The summed E-state index contributed by atoms with van der Waals surface area (Å²) in [6.07, 6.45) is 2.23. The summed E-state index contributed by atoms with van der Waals surface area (Å²) in [5, 5.41) is 0.697. The fraction of sp³-hybridized carbons (Fsp3) is 0.389. The molecule has 146 valence electrons. The third kappa shape index (κ3) is 6.44. The maximum absolute atomic E-state index is 12.3. The predicted molar refractivity (Wildman–Crippen MR) is 106 cm³/mol. The number of carbonyl (C=O) groups is 2. The molecule has 0 aliphatic rings. The van der Waals surface area contributed by atoms with Crippen molar-refractivity contribution in [3.63, 3.8) is 0 Å². The second kappa shape index (κ2) is 9.61. The van der Waals surface area contributed by atoms with Crippen LogP contribution in [-0.4, -0.2) is 36.7 Å². The van der Waals surface area contributed by atoms with Crippen molar-refractivity contribution in [1.82, 2.24) is 15.8 Å². The van der Waals surface area contributed by atoms with Crippen LogP contribution in [0, 0.1) is 6.92 Å². The third-order valence-electron chi connectivity index (χ3n) is 3.75. The molecule has 0 aliphatic heterocycles. The average Bonchev–Trinajstić information content (AvgIpc) is 3.02. The second-order valence-corrected chi connectivity index (χ2v) is 9.28. The van der Waals surface area contributed by atoms with E-state index in [-0.39, 0.29) is 5.75 Å². The zero-order chi connectivity index (χ0) is 19.9. The first-order valence-electron chi connectivity index (χ1n) is 8.65. The van der Waals surface area contributed by atoms with E-state index in [4.69, 9.17) is 0 Å². The van der Waals surface area contributed by atoms with Crippen LogP contribution in [0.1, 0.15) is 41.6 Å². The molecule has 0 atom stereocenters. The summed E-state index contributed by atoms with van der Waals surface area (Å²) in [6, 6.07) is 9.44. The minimum atomic E-state index is -3.48. The molecule has 1 aromatic carbocycles. The van der Waals surface area contributed by atoms with Crippen molar-refractivity contribution in [3.05, 3.63) is 40.9 Å². The van der Waals surface area contributed by atoms with E-state index in [1.54, 1.807) is 6.92 Å². The summed E-state index contributed by atoms with van der Waals surface area (Å²) in [4.78, 5) is 28.8. The molecule has 27 heavy (non-hydrogen) atoms. The quantitative estimate of drug-likeness (QED) is 0.515. The molecule has 9 heteroatoms. The van der Waals surface area contributed by atoms with Crippen molar-refractivity contribution in [1.29, 1.82) is 0 Å². The molecule has 2 rings (SSSR count). The first kappa shape index (κ1) is 21.0. The lowest BCUT2D eigenvalue weighted by Gasteiger charge is -2.07. The molecule has 0 radical (unpaired) electrons. The van der Waals surface area contributed by atoms with Crippen LogP contribution in [0.25, 0.3) is 10.6 Å². The van der Waals surface area contributed by atoms with Crippen LogP contribution in [0.3, 0.4) is 0 Å². The minimum Gasteiger partial charge on any atom is -0.272 e. The SMILES string of the molecule is CCCCCS(=O)(=O)CC(=O)NNC(=O)c1sc(-c2ccccc2)nc1C. The summed E-state index contributed by atoms with van der Waals surface area (Å²) in [5.41, 5.74) is 5.86. The molecule has 1 aromatic heterocycles. The summed E-state index contributed by atoms with van der Waals surface area (Å²) < 4.78 is 23.7. The van der Waals surface area contributed by atoms with Gasteiger partial charge in [0.15, 0.2) is 9.84 Å². The number of nitrogens with one attached hydrogen (secondary N) is 2. The van der Waals surface area contributed by atoms with E-state index in [1.807, 2.05) is 37.3 Å². The number of hydrogen-bond donors (Lipinski definition) is 2. The van der Waals surface area contributed by atoms with Crippen LogP contribution in [0.2, 0.25) is 0 Å². The van der Waals surface area contributed by atoms with E-state index in [9.17, 15) is 18.0 Å². The van der Waals surface area contributed by atoms with Gasteiger partial charge in [-0.15, -0.1) is 11.3 Å². The third-order valence-corrected chi connectivity index (χ3v) is 6.57. The van der Waals surface area contributed by atoms with Gasteiger partial charge in [0.1, 0.15) is 15.6 Å². The first-order valence-corrected chi connectivity index (χ1v) is 11.3. The largest absolute Gasteiger partial charge is 0.281 e. The minimum absolute atomic E-state index is 0.0312. The predicted octanol–water partition coefficient (Wildman–Crippen LogP) is 2.48. The molecule has 0 fully saturated rings. The fourth-order valence-corrected chi connectivity index (χ4v) is 4.60. The van der Waals surface area contributed by atoms with Gasteiger partial charge in [0, 0.05) is 5.56 Å². The summed E-state index contributed by atoms with van der Waals surface area (Å²) in [7, 11) is -3.48. The zero-order valence-electron chi connectivity index (χ0n) is 15.3. The van der Waals surface area contributed by atoms with Crippen molar-refractivity contribution in [3.8, 4) is 10.6 Å². The number of sulfone groups is 1. The molecule has 1 heterocycles.